The van der Waals surface area contributed by atoms with Gasteiger partial charge in [0.2, 0.25) is 0 Å². The quantitative estimate of drug-likeness (QED) is 0.855. The summed E-state index contributed by atoms with van der Waals surface area (Å²) >= 11 is 0. The van der Waals surface area contributed by atoms with E-state index in [9.17, 15) is 13.6 Å². The number of nitriles is 1. The Labute approximate surface area is 90.2 Å². The molecule has 0 aliphatic carbocycles. The van der Waals surface area contributed by atoms with Crippen molar-refractivity contribution in [1.82, 2.24) is 0 Å². The molecule has 1 aromatic rings. The Balaban J connectivity index is 3.04. The average molecular weight is 223 g/mol. The van der Waals surface area contributed by atoms with Crippen LogP contribution in [0.25, 0.3) is 6.08 Å². The summed E-state index contributed by atoms with van der Waals surface area (Å²) in [5.41, 5.74) is 0.114. The van der Waals surface area contributed by atoms with Gasteiger partial charge < -0.3 is 5.11 Å². The molecule has 0 spiro atoms. The van der Waals surface area contributed by atoms with Crippen molar-refractivity contribution in [2.45, 2.75) is 6.42 Å². The molecule has 1 aromatic carbocycles. The van der Waals surface area contributed by atoms with E-state index in [1.165, 1.54) is 12.2 Å². The molecule has 0 unspecified atom stereocenters. The Kier molecular flexibility index (Phi) is 3.72. The van der Waals surface area contributed by atoms with Crippen LogP contribution in [0.3, 0.4) is 0 Å². The second-order valence-electron chi connectivity index (χ2n) is 2.97. The summed E-state index contributed by atoms with van der Waals surface area (Å²) in [5, 5.41) is 17.0. The van der Waals surface area contributed by atoms with E-state index in [1.54, 1.807) is 6.07 Å². The van der Waals surface area contributed by atoms with Gasteiger partial charge in [-0.3, -0.25) is 4.79 Å². The first-order chi connectivity index (χ1) is 7.54. The molecule has 5 heteroatoms. The number of hydrogen-bond acceptors (Lipinski definition) is 2. The zero-order valence-electron chi connectivity index (χ0n) is 8.08. The third kappa shape index (κ3) is 2.89. The lowest BCUT2D eigenvalue weighted by atomic mass is 10.1. The van der Waals surface area contributed by atoms with Gasteiger partial charge in [0.25, 0.3) is 0 Å². The van der Waals surface area contributed by atoms with Crippen LogP contribution >= 0.6 is 0 Å². The van der Waals surface area contributed by atoms with Crippen molar-refractivity contribution in [3.63, 3.8) is 0 Å². The highest BCUT2D eigenvalue weighted by Crippen LogP contribution is 2.16. The first-order valence-electron chi connectivity index (χ1n) is 4.32. The van der Waals surface area contributed by atoms with Gasteiger partial charge in [0.1, 0.15) is 0 Å². The lowest BCUT2D eigenvalue weighted by molar-refractivity contribution is -0.135. The molecule has 0 fully saturated rings. The van der Waals surface area contributed by atoms with Gasteiger partial charge in [-0.1, -0.05) is 12.2 Å². The molecular formula is C11H7F2NO2. The second kappa shape index (κ2) is 5.03. The summed E-state index contributed by atoms with van der Waals surface area (Å²) in [6, 6.07) is 3.32. The van der Waals surface area contributed by atoms with Crippen LogP contribution in [0.2, 0.25) is 0 Å². The lowest BCUT2D eigenvalue weighted by Crippen LogP contribution is -1.92. The summed E-state index contributed by atoms with van der Waals surface area (Å²) in [4.78, 5) is 10.2. The summed E-state index contributed by atoms with van der Waals surface area (Å²) < 4.78 is 25.6. The smallest absolute Gasteiger partial charge is 0.307 e. The zero-order valence-corrected chi connectivity index (χ0v) is 8.08. The Morgan fingerprint density at radius 3 is 2.62 bits per heavy atom. The highest BCUT2D eigenvalue weighted by molar-refractivity contribution is 5.71. The number of nitrogens with zero attached hydrogens (tertiary/aromatic N) is 1. The van der Waals surface area contributed by atoms with Crippen LogP contribution in [0.15, 0.2) is 18.2 Å². The number of hydrogen-bond donors (Lipinski definition) is 1. The highest BCUT2D eigenvalue weighted by Gasteiger charge is 2.07. The maximum Gasteiger partial charge on any atom is 0.307 e. The molecule has 3 nitrogen and oxygen atoms in total. The topological polar surface area (TPSA) is 61.1 Å². The number of carbonyl (C=O) groups is 1. The predicted octanol–water partition coefficient (Wildman–Crippen LogP) is 2.32. The van der Waals surface area contributed by atoms with Crippen molar-refractivity contribution >= 4 is 12.0 Å². The van der Waals surface area contributed by atoms with Crippen LogP contribution in [-0.4, -0.2) is 11.1 Å². The number of carboxylic acid groups (broad SMARTS) is 1. The van der Waals surface area contributed by atoms with Crippen LogP contribution < -0.4 is 0 Å². The van der Waals surface area contributed by atoms with E-state index in [2.05, 4.69) is 0 Å². The fraction of sp³-hybridized carbons (Fsp3) is 0.0909. The second-order valence-corrected chi connectivity index (χ2v) is 2.97. The van der Waals surface area contributed by atoms with Crippen molar-refractivity contribution in [3.8, 4) is 6.07 Å². The minimum atomic E-state index is -1.10. The Hall–Kier alpha value is -2.22. The fourth-order valence-corrected chi connectivity index (χ4v) is 1.08. The number of halogens is 2. The Morgan fingerprint density at radius 2 is 2.06 bits per heavy atom. The van der Waals surface area contributed by atoms with Crippen molar-refractivity contribution in [1.29, 1.82) is 5.26 Å². The minimum absolute atomic E-state index is 0.0412. The van der Waals surface area contributed by atoms with Crippen molar-refractivity contribution in [2.24, 2.45) is 0 Å². The van der Waals surface area contributed by atoms with Crippen LogP contribution in [-0.2, 0) is 4.79 Å². The van der Waals surface area contributed by atoms with Crippen LogP contribution in [0.4, 0.5) is 8.78 Å². The van der Waals surface area contributed by atoms with Gasteiger partial charge in [-0.25, -0.2) is 8.78 Å². The van der Waals surface area contributed by atoms with Crippen molar-refractivity contribution < 1.29 is 18.7 Å². The maximum atomic E-state index is 12.8. The van der Waals surface area contributed by atoms with Crippen LogP contribution in [0, 0.1) is 23.0 Å². The van der Waals surface area contributed by atoms with Gasteiger partial charge in [-0.05, 0) is 17.7 Å². The number of benzene rings is 1. The molecule has 0 aliphatic heterocycles. The highest BCUT2D eigenvalue weighted by atomic mass is 19.2. The SMILES string of the molecule is N#Cc1cc(F)c(F)cc1C=CCC(=O)O. The third-order valence-electron chi connectivity index (χ3n) is 1.80. The number of aliphatic carboxylic acids is 1. The third-order valence-corrected chi connectivity index (χ3v) is 1.80. The largest absolute Gasteiger partial charge is 0.481 e. The summed E-state index contributed by atoms with van der Waals surface area (Å²) in [5.74, 6) is -3.22. The Morgan fingerprint density at radius 1 is 1.44 bits per heavy atom. The standard InChI is InChI=1S/C11H7F2NO2/c12-9-4-7(2-1-3-11(15)16)8(6-14)5-10(9)13/h1-2,4-5H,3H2,(H,15,16). The molecule has 0 aliphatic rings. The molecule has 0 amide bonds. The van der Waals surface area contributed by atoms with Crippen molar-refractivity contribution in [3.05, 3.63) is 41.0 Å². The van der Waals surface area contributed by atoms with E-state index in [0.717, 1.165) is 12.1 Å². The summed E-state index contributed by atoms with van der Waals surface area (Å²) in [6.07, 6.45) is 2.29. The number of rotatable bonds is 3. The molecule has 0 radical (unpaired) electrons. The molecule has 0 saturated heterocycles. The zero-order chi connectivity index (χ0) is 12.1. The fourth-order valence-electron chi connectivity index (χ4n) is 1.08. The van der Waals surface area contributed by atoms with E-state index in [1.807, 2.05) is 0 Å². The summed E-state index contributed by atoms with van der Waals surface area (Å²) in [6.45, 7) is 0. The van der Waals surface area contributed by atoms with Gasteiger partial charge in [-0.2, -0.15) is 5.26 Å². The van der Waals surface area contributed by atoms with Crippen molar-refractivity contribution in [2.75, 3.05) is 0 Å². The van der Waals surface area contributed by atoms with E-state index < -0.39 is 17.6 Å². The molecule has 1 rings (SSSR count). The summed E-state index contributed by atoms with van der Waals surface area (Å²) in [7, 11) is 0. The minimum Gasteiger partial charge on any atom is -0.481 e. The molecular weight excluding hydrogens is 216 g/mol. The molecule has 0 aromatic heterocycles. The monoisotopic (exact) mass is 223 g/mol. The normalized spacial score (nSPS) is 10.3. The molecule has 82 valence electrons. The van der Waals surface area contributed by atoms with E-state index in [-0.39, 0.29) is 17.5 Å². The van der Waals surface area contributed by atoms with Gasteiger partial charge in [0.05, 0.1) is 18.1 Å². The molecule has 16 heavy (non-hydrogen) atoms. The first kappa shape index (κ1) is 11.9. The first-order valence-corrected chi connectivity index (χ1v) is 4.32. The predicted molar refractivity (Wildman–Crippen MR) is 52.4 cm³/mol. The van der Waals surface area contributed by atoms with E-state index in [0.29, 0.717) is 0 Å². The van der Waals surface area contributed by atoms with Crippen LogP contribution in [0.1, 0.15) is 17.5 Å². The Bertz CT molecular complexity index is 489. The molecule has 0 heterocycles. The lowest BCUT2D eigenvalue weighted by Gasteiger charge is -1.99. The molecule has 0 atom stereocenters. The number of carboxylic acids is 1. The van der Waals surface area contributed by atoms with Gasteiger partial charge in [-0.15, -0.1) is 0 Å². The van der Waals surface area contributed by atoms with Gasteiger partial charge in [0, 0.05) is 0 Å². The molecule has 0 saturated carbocycles. The van der Waals surface area contributed by atoms with Gasteiger partial charge >= 0.3 is 5.97 Å². The average Bonchev–Trinajstić information content (AvgIpc) is 2.22. The van der Waals surface area contributed by atoms with Crippen LogP contribution in [0.5, 0.6) is 0 Å². The molecule has 0 bridgehead atoms. The van der Waals surface area contributed by atoms with E-state index >= 15 is 0 Å². The van der Waals surface area contributed by atoms with Gasteiger partial charge in [0.15, 0.2) is 11.6 Å². The van der Waals surface area contributed by atoms with E-state index in [4.69, 9.17) is 10.4 Å². The molecule has 1 N–H and O–H groups in total. The maximum absolute atomic E-state index is 12.8.